The Balaban J connectivity index is 2.63. The standard InChI is InChI=1S/C9H11N3S/c1-9(2,10)8-12-6-4-3-5-11-7(6)13-8/h3-5H,10H2,1-2H3. The molecular weight excluding hydrogens is 182 g/mol. The topological polar surface area (TPSA) is 51.8 Å². The molecule has 2 aromatic rings. The fourth-order valence-electron chi connectivity index (χ4n) is 1.05. The highest BCUT2D eigenvalue weighted by atomic mass is 32.1. The molecule has 0 aliphatic heterocycles. The third-order valence-electron chi connectivity index (χ3n) is 1.72. The van der Waals surface area contributed by atoms with Gasteiger partial charge in [-0.05, 0) is 26.0 Å². The third kappa shape index (κ3) is 1.55. The number of rotatable bonds is 1. The summed E-state index contributed by atoms with van der Waals surface area (Å²) in [6.45, 7) is 3.90. The van der Waals surface area contributed by atoms with Crippen molar-refractivity contribution in [2.45, 2.75) is 19.4 Å². The first-order valence-corrected chi connectivity index (χ1v) is 4.90. The molecular formula is C9H11N3S. The van der Waals surface area contributed by atoms with Gasteiger partial charge in [0.05, 0.1) is 5.54 Å². The minimum absolute atomic E-state index is 0.370. The van der Waals surface area contributed by atoms with E-state index in [0.29, 0.717) is 0 Å². The summed E-state index contributed by atoms with van der Waals surface area (Å²) in [4.78, 5) is 9.59. The van der Waals surface area contributed by atoms with E-state index in [9.17, 15) is 0 Å². The summed E-state index contributed by atoms with van der Waals surface area (Å²) in [5.74, 6) is 0. The van der Waals surface area contributed by atoms with Gasteiger partial charge in [0.15, 0.2) is 0 Å². The van der Waals surface area contributed by atoms with Crippen molar-refractivity contribution in [3.8, 4) is 0 Å². The first kappa shape index (κ1) is 8.59. The lowest BCUT2D eigenvalue weighted by Crippen LogP contribution is -2.28. The van der Waals surface area contributed by atoms with Gasteiger partial charge < -0.3 is 5.73 Å². The van der Waals surface area contributed by atoms with Crippen LogP contribution < -0.4 is 5.73 Å². The Labute approximate surface area is 80.6 Å². The maximum atomic E-state index is 5.94. The van der Waals surface area contributed by atoms with Gasteiger partial charge >= 0.3 is 0 Å². The quantitative estimate of drug-likeness (QED) is 0.752. The van der Waals surface area contributed by atoms with Crippen LogP contribution in [0.15, 0.2) is 18.3 Å². The van der Waals surface area contributed by atoms with Gasteiger partial charge in [-0.3, -0.25) is 0 Å². The van der Waals surface area contributed by atoms with Crippen molar-refractivity contribution in [2.24, 2.45) is 5.73 Å². The van der Waals surface area contributed by atoms with E-state index in [1.54, 1.807) is 17.5 Å². The van der Waals surface area contributed by atoms with Crippen LogP contribution in [-0.4, -0.2) is 9.97 Å². The fraction of sp³-hybridized carbons (Fsp3) is 0.333. The number of hydrogen-bond acceptors (Lipinski definition) is 4. The van der Waals surface area contributed by atoms with Crippen LogP contribution in [0.1, 0.15) is 18.9 Å². The Morgan fingerprint density at radius 2 is 2.23 bits per heavy atom. The van der Waals surface area contributed by atoms with Crippen molar-refractivity contribution >= 4 is 21.7 Å². The smallest absolute Gasteiger partial charge is 0.143 e. The molecule has 2 rings (SSSR count). The van der Waals surface area contributed by atoms with Crippen LogP contribution in [0.2, 0.25) is 0 Å². The molecule has 68 valence electrons. The van der Waals surface area contributed by atoms with Crippen LogP contribution >= 0.6 is 11.3 Å². The lowest BCUT2D eigenvalue weighted by atomic mass is 10.1. The van der Waals surface area contributed by atoms with E-state index in [-0.39, 0.29) is 5.54 Å². The van der Waals surface area contributed by atoms with E-state index in [1.807, 2.05) is 26.0 Å². The third-order valence-corrected chi connectivity index (χ3v) is 3.04. The van der Waals surface area contributed by atoms with Crippen LogP contribution in [0.25, 0.3) is 10.3 Å². The first-order chi connectivity index (χ1) is 6.07. The van der Waals surface area contributed by atoms with Gasteiger partial charge in [-0.25, -0.2) is 9.97 Å². The lowest BCUT2D eigenvalue weighted by Gasteiger charge is -2.13. The Kier molecular flexibility index (Phi) is 1.82. The number of nitrogens with two attached hydrogens (primary N) is 1. The van der Waals surface area contributed by atoms with Crippen molar-refractivity contribution in [1.82, 2.24) is 9.97 Å². The molecule has 4 heteroatoms. The molecule has 0 aliphatic carbocycles. The van der Waals surface area contributed by atoms with Crippen molar-refractivity contribution in [3.05, 3.63) is 23.3 Å². The summed E-state index contributed by atoms with van der Waals surface area (Å²) in [7, 11) is 0. The second-order valence-corrected chi connectivity index (χ2v) is 4.55. The van der Waals surface area contributed by atoms with Crippen LogP contribution in [-0.2, 0) is 5.54 Å². The SMILES string of the molecule is CC(C)(N)c1nc2cccnc2s1. The molecule has 0 aromatic carbocycles. The van der Waals surface area contributed by atoms with Gasteiger partial charge in [-0.1, -0.05) is 11.3 Å². The molecule has 3 nitrogen and oxygen atoms in total. The lowest BCUT2D eigenvalue weighted by molar-refractivity contribution is 0.551. The van der Waals surface area contributed by atoms with E-state index in [0.717, 1.165) is 15.4 Å². The van der Waals surface area contributed by atoms with E-state index in [1.165, 1.54) is 0 Å². The Hall–Kier alpha value is -1.00. The van der Waals surface area contributed by atoms with E-state index in [2.05, 4.69) is 9.97 Å². The number of pyridine rings is 1. The highest BCUT2D eigenvalue weighted by Crippen LogP contribution is 2.26. The number of fused-ring (bicyclic) bond motifs is 1. The highest BCUT2D eigenvalue weighted by Gasteiger charge is 2.19. The number of nitrogens with zero attached hydrogens (tertiary/aromatic N) is 2. The molecule has 0 radical (unpaired) electrons. The summed E-state index contributed by atoms with van der Waals surface area (Å²) in [6.07, 6.45) is 1.77. The van der Waals surface area contributed by atoms with E-state index in [4.69, 9.17) is 5.73 Å². The largest absolute Gasteiger partial charge is 0.320 e. The van der Waals surface area contributed by atoms with Crippen molar-refractivity contribution in [3.63, 3.8) is 0 Å². The Morgan fingerprint density at radius 1 is 1.46 bits per heavy atom. The molecule has 2 aromatic heterocycles. The van der Waals surface area contributed by atoms with Gasteiger partial charge in [0.2, 0.25) is 0 Å². The Bertz CT molecular complexity index is 395. The fourth-order valence-corrected chi connectivity index (χ4v) is 1.97. The highest BCUT2D eigenvalue weighted by molar-refractivity contribution is 7.18. The molecule has 0 unspecified atom stereocenters. The zero-order valence-corrected chi connectivity index (χ0v) is 8.43. The maximum absolute atomic E-state index is 5.94. The van der Waals surface area contributed by atoms with E-state index < -0.39 is 0 Å². The number of hydrogen-bond donors (Lipinski definition) is 1. The second kappa shape index (κ2) is 2.75. The summed E-state index contributed by atoms with van der Waals surface area (Å²) < 4.78 is 0. The minimum atomic E-state index is -0.370. The molecule has 2 heterocycles. The van der Waals surface area contributed by atoms with Gasteiger partial charge in [-0.2, -0.15) is 0 Å². The van der Waals surface area contributed by atoms with Crippen molar-refractivity contribution in [2.75, 3.05) is 0 Å². The predicted molar refractivity (Wildman–Crippen MR) is 54.6 cm³/mol. The van der Waals surface area contributed by atoms with Crippen LogP contribution in [0.4, 0.5) is 0 Å². The summed E-state index contributed by atoms with van der Waals surface area (Å²) in [5.41, 5.74) is 6.50. The van der Waals surface area contributed by atoms with Gasteiger partial charge in [0.25, 0.3) is 0 Å². The minimum Gasteiger partial charge on any atom is -0.320 e. The van der Waals surface area contributed by atoms with Gasteiger partial charge in [0, 0.05) is 6.20 Å². The monoisotopic (exact) mass is 193 g/mol. The van der Waals surface area contributed by atoms with Gasteiger partial charge in [0.1, 0.15) is 15.4 Å². The van der Waals surface area contributed by atoms with Gasteiger partial charge in [-0.15, -0.1) is 0 Å². The van der Waals surface area contributed by atoms with Crippen LogP contribution in [0.5, 0.6) is 0 Å². The zero-order chi connectivity index (χ0) is 9.47. The Morgan fingerprint density at radius 3 is 2.85 bits per heavy atom. The van der Waals surface area contributed by atoms with E-state index >= 15 is 0 Å². The molecule has 0 amide bonds. The molecule has 0 spiro atoms. The normalized spacial score (nSPS) is 12.2. The summed E-state index contributed by atoms with van der Waals surface area (Å²) in [6, 6.07) is 3.84. The first-order valence-electron chi connectivity index (χ1n) is 4.08. The average molecular weight is 193 g/mol. The molecule has 0 fully saturated rings. The zero-order valence-electron chi connectivity index (χ0n) is 7.61. The van der Waals surface area contributed by atoms with Crippen molar-refractivity contribution < 1.29 is 0 Å². The average Bonchev–Trinajstić information content (AvgIpc) is 2.45. The summed E-state index contributed by atoms with van der Waals surface area (Å²) >= 11 is 1.56. The molecule has 2 N–H and O–H groups in total. The molecule has 13 heavy (non-hydrogen) atoms. The molecule has 0 saturated carbocycles. The molecule has 0 bridgehead atoms. The number of aromatic nitrogens is 2. The second-order valence-electron chi connectivity index (χ2n) is 3.57. The van der Waals surface area contributed by atoms with Crippen LogP contribution in [0.3, 0.4) is 0 Å². The number of thiazole rings is 1. The predicted octanol–water partition coefficient (Wildman–Crippen LogP) is 1.89. The molecule has 0 saturated heterocycles. The molecule has 0 atom stereocenters. The maximum Gasteiger partial charge on any atom is 0.143 e. The van der Waals surface area contributed by atoms with Crippen LogP contribution in [0, 0.1) is 0 Å². The summed E-state index contributed by atoms with van der Waals surface area (Å²) in [5, 5.41) is 0.932. The van der Waals surface area contributed by atoms with Crippen molar-refractivity contribution in [1.29, 1.82) is 0 Å². The molecule has 0 aliphatic rings.